The molecular weight excluding hydrogens is 495 g/mol. The summed E-state index contributed by atoms with van der Waals surface area (Å²) in [6.07, 6.45) is -2.53. The smallest absolute Gasteiger partial charge is 0.427 e. The van der Waals surface area contributed by atoms with Crippen molar-refractivity contribution in [2.45, 2.75) is 82.4 Å². The Kier molecular flexibility index (Phi) is 6.13. The van der Waals surface area contributed by atoms with Gasteiger partial charge >= 0.3 is 18.1 Å². The number of allylic oxidation sites excluding steroid dienone is 1. The first kappa shape index (κ1) is 26.3. The van der Waals surface area contributed by atoms with Crippen LogP contribution in [0.25, 0.3) is 0 Å². The van der Waals surface area contributed by atoms with Crippen LogP contribution in [0.4, 0.5) is 22.0 Å². The summed E-state index contributed by atoms with van der Waals surface area (Å²) in [5.74, 6) is -6.46. The van der Waals surface area contributed by atoms with Gasteiger partial charge in [0.1, 0.15) is 11.4 Å². The first-order chi connectivity index (χ1) is 17.2. The molecule has 37 heavy (non-hydrogen) atoms. The van der Waals surface area contributed by atoms with E-state index >= 15 is 8.78 Å². The fourth-order valence-electron chi connectivity index (χ4n) is 8.35. The second-order valence-corrected chi connectivity index (χ2v) is 11.6. The summed E-state index contributed by atoms with van der Waals surface area (Å²) in [5, 5.41) is 11.3. The van der Waals surface area contributed by atoms with Crippen LogP contribution in [0, 0.1) is 29.1 Å². The van der Waals surface area contributed by atoms with E-state index in [4.69, 9.17) is 4.74 Å². The molecule has 202 valence electrons. The Balaban J connectivity index is 1.61. The fourth-order valence-corrected chi connectivity index (χ4v) is 8.35. The molecule has 3 saturated carbocycles. The van der Waals surface area contributed by atoms with E-state index in [9.17, 15) is 27.9 Å². The van der Waals surface area contributed by atoms with Gasteiger partial charge in [-0.25, -0.2) is 0 Å². The van der Waals surface area contributed by atoms with E-state index < -0.39 is 47.3 Å². The van der Waals surface area contributed by atoms with Crippen molar-refractivity contribution < 1.29 is 41.4 Å². The molecule has 0 aromatic heterocycles. The van der Waals surface area contributed by atoms with Crippen molar-refractivity contribution in [1.82, 2.24) is 0 Å². The number of rotatable bonds is 3. The Hall–Kier alpha value is -2.29. The van der Waals surface area contributed by atoms with Gasteiger partial charge in [-0.05, 0) is 91.9 Å². The highest BCUT2D eigenvalue weighted by molar-refractivity contribution is 5.91. The number of fused-ring (bicyclic) bond motifs is 5. The monoisotopic (exact) mass is 526 g/mol. The van der Waals surface area contributed by atoms with Gasteiger partial charge < -0.3 is 9.84 Å². The van der Waals surface area contributed by atoms with Crippen molar-refractivity contribution in [3.8, 4) is 5.75 Å². The molecule has 4 aliphatic rings. The minimum atomic E-state index is -5.87. The second-order valence-electron chi connectivity index (χ2n) is 11.6. The number of halogens is 5. The predicted octanol–water partition coefficient (Wildman–Crippen LogP) is 6.38. The second kappa shape index (κ2) is 8.61. The maximum absolute atomic E-state index is 15.0. The summed E-state index contributed by atoms with van der Waals surface area (Å²) < 4.78 is 76.0. The van der Waals surface area contributed by atoms with Crippen LogP contribution in [0.1, 0.15) is 70.3 Å². The molecule has 0 unspecified atom stereocenters. The molecular formula is C28H31F5O4. The summed E-state index contributed by atoms with van der Waals surface area (Å²) >= 11 is 0. The minimum absolute atomic E-state index is 0.0361. The van der Waals surface area contributed by atoms with Gasteiger partial charge in [0.25, 0.3) is 0 Å². The molecule has 0 radical (unpaired) electrons. The van der Waals surface area contributed by atoms with Crippen LogP contribution in [0.5, 0.6) is 5.75 Å². The predicted molar refractivity (Wildman–Crippen MR) is 124 cm³/mol. The number of benzene rings is 1. The van der Waals surface area contributed by atoms with Gasteiger partial charge in [-0.2, -0.15) is 22.0 Å². The van der Waals surface area contributed by atoms with Gasteiger partial charge in [0.2, 0.25) is 0 Å². The molecule has 0 saturated heterocycles. The molecule has 0 amide bonds. The van der Waals surface area contributed by atoms with Crippen LogP contribution in [0.2, 0.25) is 0 Å². The Morgan fingerprint density at radius 2 is 1.70 bits per heavy atom. The normalized spacial score (nSPS) is 37.8. The molecule has 0 aliphatic heterocycles. The first-order valence-electron chi connectivity index (χ1n) is 12.9. The Bertz CT molecular complexity index is 1130. The number of ketones is 1. The lowest BCUT2D eigenvalue weighted by Crippen LogP contribution is -2.66. The fraction of sp³-hybridized carbons (Fsp3) is 0.643. The number of esters is 1. The number of carbonyl (C=O) groups is 2. The third kappa shape index (κ3) is 3.86. The van der Waals surface area contributed by atoms with E-state index in [1.54, 1.807) is 30.3 Å². The molecule has 7 atom stereocenters. The van der Waals surface area contributed by atoms with E-state index in [1.165, 1.54) is 13.8 Å². The summed E-state index contributed by atoms with van der Waals surface area (Å²) in [4.78, 5) is 23.5. The topological polar surface area (TPSA) is 63.6 Å². The number of alkyl halides is 5. The zero-order valence-corrected chi connectivity index (χ0v) is 20.8. The average Bonchev–Trinajstić information content (AvgIpc) is 3.09. The van der Waals surface area contributed by atoms with Crippen LogP contribution >= 0.6 is 0 Å². The highest BCUT2D eigenvalue weighted by Crippen LogP contribution is 2.71. The van der Waals surface area contributed by atoms with E-state index in [1.807, 2.05) is 0 Å². The van der Waals surface area contributed by atoms with Gasteiger partial charge in [0, 0.05) is 18.8 Å². The van der Waals surface area contributed by atoms with Crippen molar-refractivity contribution in [3.05, 3.63) is 41.5 Å². The molecule has 0 heterocycles. The number of hydrogen-bond donors (Lipinski definition) is 1. The standard InChI is InChI=1S/C28H31F5O4/c1-15(34)37-19-7-3-16(4-8-19)22-14-25(2)23(11-12-26(25,36)27(29,30)28(31,32)33)21-9-5-17-13-18(35)6-10-20(17)24(21)22/h3-4,7-8,13,20-24,36H,5-6,9-12,14H2,1-2H3/t20-,21-,22+,23-,24+,25-,26-/m0/s1. The largest absolute Gasteiger partial charge is 0.456 e. The van der Waals surface area contributed by atoms with Gasteiger partial charge in [-0.1, -0.05) is 24.6 Å². The van der Waals surface area contributed by atoms with Crippen molar-refractivity contribution in [2.24, 2.45) is 29.1 Å². The number of ether oxygens (including phenoxy) is 1. The molecule has 3 fully saturated rings. The summed E-state index contributed by atoms with van der Waals surface area (Å²) in [5.41, 5.74) is -3.11. The van der Waals surface area contributed by atoms with E-state index in [0.717, 1.165) is 11.1 Å². The highest BCUT2D eigenvalue weighted by Gasteiger charge is 2.79. The zero-order chi connectivity index (χ0) is 27.0. The maximum atomic E-state index is 15.0. The molecule has 4 nitrogen and oxygen atoms in total. The quantitative estimate of drug-likeness (QED) is 0.282. The van der Waals surface area contributed by atoms with Crippen molar-refractivity contribution >= 4 is 11.8 Å². The molecule has 1 aromatic carbocycles. The molecule has 1 aromatic rings. The lowest BCUT2D eigenvalue weighted by atomic mass is 9.46. The third-order valence-corrected chi connectivity index (χ3v) is 9.90. The number of aliphatic hydroxyl groups is 1. The van der Waals surface area contributed by atoms with Crippen molar-refractivity contribution in [3.63, 3.8) is 0 Å². The lowest BCUT2D eigenvalue weighted by Gasteiger charge is -2.59. The van der Waals surface area contributed by atoms with Gasteiger partial charge in [0.15, 0.2) is 5.78 Å². The molecule has 4 aliphatic carbocycles. The maximum Gasteiger partial charge on any atom is 0.456 e. The molecule has 5 rings (SSSR count). The zero-order valence-electron chi connectivity index (χ0n) is 20.8. The lowest BCUT2D eigenvalue weighted by molar-refractivity contribution is -0.364. The molecule has 0 spiro atoms. The highest BCUT2D eigenvalue weighted by atomic mass is 19.4. The van der Waals surface area contributed by atoms with Gasteiger partial charge in [0.05, 0.1) is 0 Å². The number of carbonyl (C=O) groups excluding carboxylic acids is 2. The summed E-state index contributed by atoms with van der Waals surface area (Å²) in [7, 11) is 0. The SMILES string of the molecule is CC(=O)Oc1ccc([C@H]2C[C@@]3(C)[C@@H](CC[C@@]3(O)C(F)(F)C(F)(F)F)[C@@H]3CCC4=CC(=O)CC[C@@H]4[C@H]32)cc1. The van der Waals surface area contributed by atoms with Crippen LogP contribution < -0.4 is 4.74 Å². The molecule has 9 heteroatoms. The van der Waals surface area contributed by atoms with E-state index in [-0.39, 0.29) is 36.4 Å². The first-order valence-corrected chi connectivity index (χ1v) is 12.9. The van der Waals surface area contributed by atoms with E-state index in [0.29, 0.717) is 31.4 Å². The van der Waals surface area contributed by atoms with Crippen LogP contribution in [0.3, 0.4) is 0 Å². The summed E-state index contributed by atoms with van der Waals surface area (Å²) in [6.45, 7) is 2.68. The average molecular weight is 527 g/mol. The van der Waals surface area contributed by atoms with Crippen molar-refractivity contribution in [1.29, 1.82) is 0 Å². The third-order valence-electron chi connectivity index (χ3n) is 9.90. The van der Waals surface area contributed by atoms with Crippen LogP contribution in [-0.2, 0) is 9.59 Å². The molecule has 0 bridgehead atoms. The van der Waals surface area contributed by atoms with Gasteiger partial charge in [-0.3, -0.25) is 9.59 Å². The van der Waals surface area contributed by atoms with Gasteiger partial charge in [-0.15, -0.1) is 0 Å². The Morgan fingerprint density at radius 1 is 1.03 bits per heavy atom. The Labute approximate surface area is 212 Å². The van der Waals surface area contributed by atoms with E-state index in [2.05, 4.69) is 0 Å². The number of hydrogen-bond acceptors (Lipinski definition) is 4. The van der Waals surface area contributed by atoms with Crippen molar-refractivity contribution in [2.75, 3.05) is 0 Å². The van der Waals surface area contributed by atoms with Crippen LogP contribution in [0.15, 0.2) is 35.9 Å². The summed E-state index contributed by atoms with van der Waals surface area (Å²) in [6, 6.07) is 6.64. The van der Waals surface area contributed by atoms with Crippen LogP contribution in [-0.4, -0.2) is 34.6 Å². The minimum Gasteiger partial charge on any atom is -0.427 e. The Morgan fingerprint density at radius 3 is 2.32 bits per heavy atom. The molecule has 1 N–H and O–H groups in total.